The first kappa shape index (κ1) is 14.1. The summed E-state index contributed by atoms with van der Waals surface area (Å²) in [5.41, 5.74) is 0.915. The number of benzene rings is 1. The second-order valence-corrected chi connectivity index (χ2v) is 4.55. The Morgan fingerprint density at radius 1 is 1.50 bits per heavy atom. The van der Waals surface area contributed by atoms with Gasteiger partial charge in [-0.05, 0) is 24.6 Å². The lowest BCUT2D eigenvalue weighted by atomic mass is 10.1. The van der Waals surface area contributed by atoms with Crippen LogP contribution in [-0.4, -0.2) is 29.3 Å². The van der Waals surface area contributed by atoms with Crippen LogP contribution in [0.5, 0.6) is 0 Å². The average molecular weight is 264 g/mol. The predicted molar refractivity (Wildman–Crippen MR) is 67.5 cm³/mol. The van der Waals surface area contributed by atoms with Crippen molar-refractivity contribution in [1.82, 2.24) is 5.32 Å². The summed E-state index contributed by atoms with van der Waals surface area (Å²) in [6, 6.07) is 6.83. The molecule has 0 fully saturated rings. The van der Waals surface area contributed by atoms with Gasteiger partial charge < -0.3 is 10.4 Å². The van der Waals surface area contributed by atoms with Crippen LogP contribution in [0.4, 0.5) is 0 Å². The van der Waals surface area contributed by atoms with Gasteiger partial charge in [0.15, 0.2) is 0 Å². The summed E-state index contributed by atoms with van der Waals surface area (Å²) in [6.07, 6.45) is 0. The number of carbonyl (C=O) groups is 2. The summed E-state index contributed by atoms with van der Waals surface area (Å²) < 4.78 is 0. The molecule has 0 aliphatic heterocycles. The van der Waals surface area contributed by atoms with E-state index in [9.17, 15) is 9.59 Å². The van der Waals surface area contributed by atoms with Crippen LogP contribution in [0.15, 0.2) is 23.1 Å². The van der Waals surface area contributed by atoms with E-state index in [0.29, 0.717) is 10.5 Å². The van der Waals surface area contributed by atoms with Gasteiger partial charge in [0.1, 0.15) is 6.54 Å². The van der Waals surface area contributed by atoms with Crippen LogP contribution in [-0.2, 0) is 4.79 Å². The quantitative estimate of drug-likeness (QED) is 0.620. The SMILES string of the molecule is Cc1ccc(SCC(=O)NCC#N)cc1C(=O)O. The minimum absolute atomic E-state index is 0.0202. The molecule has 0 heterocycles. The maximum Gasteiger partial charge on any atom is 0.335 e. The summed E-state index contributed by atoms with van der Waals surface area (Å²) in [4.78, 5) is 22.9. The standard InChI is InChI=1S/C12H12N2O3S/c1-8-2-3-9(6-10(8)12(16)17)18-7-11(15)14-5-4-13/h2-3,6H,5,7H2,1H3,(H,14,15)(H,16,17). The summed E-state index contributed by atoms with van der Waals surface area (Å²) in [5, 5.41) is 19.7. The van der Waals surface area contributed by atoms with Gasteiger partial charge in [0.05, 0.1) is 17.4 Å². The number of rotatable bonds is 5. The van der Waals surface area contributed by atoms with Crippen LogP contribution in [0.3, 0.4) is 0 Å². The van der Waals surface area contributed by atoms with Crippen LogP contribution in [0.2, 0.25) is 0 Å². The highest BCUT2D eigenvalue weighted by atomic mass is 32.2. The molecule has 0 aromatic heterocycles. The molecule has 0 saturated carbocycles. The fourth-order valence-corrected chi connectivity index (χ4v) is 2.02. The van der Waals surface area contributed by atoms with Crippen molar-refractivity contribution in [3.05, 3.63) is 29.3 Å². The number of aromatic carboxylic acids is 1. The fourth-order valence-electron chi connectivity index (χ4n) is 1.26. The number of nitriles is 1. The number of carbonyl (C=O) groups excluding carboxylic acids is 1. The van der Waals surface area contributed by atoms with E-state index < -0.39 is 5.97 Å². The molecule has 0 bridgehead atoms. The Morgan fingerprint density at radius 3 is 2.83 bits per heavy atom. The molecule has 1 amide bonds. The normalized spacial score (nSPS) is 9.56. The van der Waals surface area contributed by atoms with Crippen molar-refractivity contribution in [2.45, 2.75) is 11.8 Å². The van der Waals surface area contributed by atoms with Crippen LogP contribution in [0, 0.1) is 18.3 Å². The Morgan fingerprint density at radius 2 is 2.22 bits per heavy atom. The minimum Gasteiger partial charge on any atom is -0.478 e. The second kappa shape index (κ2) is 6.67. The van der Waals surface area contributed by atoms with E-state index in [1.807, 2.05) is 6.07 Å². The molecule has 6 heteroatoms. The summed E-state index contributed by atoms with van der Waals surface area (Å²) in [5.74, 6) is -1.08. The highest BCUT2D eigenvalue weighted by Crippen LogP contribution is 2.21. The molecular weight excluding hydrogens is 252 g/mol. The second-order valence-electron chi connectivity index (χ2n) is 3.51. The molecule has 1 rings (SSSR count). The number of carboxylic acid groups (broad SMARTS) is 1. The summed E-state index contributed by atoms with van der Waals surface area (Å²) in [6.45, 7) is 1.70. The molecule has 94 valence electrons. The molecule has 1 aromatic carbocycles. The number of amides is 1. The number of hydrogen-bond donors (Lipinski definition) is 2. The Kier molecular flexibility index (Phi) is 5.21. The number of thioether (sulfide) groups is 1. The molecule has 0 unspecified atom stereocenters. The van der Waals surface area contributed by atoms with Gasteiger partial charge in [0, 0.05) is 4.90 Å². The van der Waals surface area contributed by atoms with Crippen LogP contribution in [0.1, 0.15) is 15.9 Å². The summed E-state index contributed by atoms with van der Waals surface area (Å²) >= 11 is 1.23. The van der Waals surface area contributed by atoms with Gasteiger partial charge in [-0.3, -0.25) is 4.79 Å². The first-order valence-corrected chi connectivity index (χ1v) is 6.13. The zero-order valence-corrected chi connectivity index (χ0v) is 10.6. The van der Waals surface area contributed by atoms with Gasteiger partial charge in [-0.15, -0.1) is 11.8 Å². The van der Waals surface area contributed by atoms with Crippen molar-refractivity contribution in [1.29, 1.82) is 5.26 Å². The van der Waals surface area contributed by atoms with E-state index >= 15 is 0 Å². The molecule has 0 spiro atoms. The first-order chi connectivity index (χ1) is 8.54. The van der Waals surface area contributed by atoms with Gasteiger partial charge in [-0.1, -0.05) is 6.07 Å². The lowest BCUT2D eigenvalue weighted by molar-refractivity contribution is -0.118. The number of carboxylic acids is 1. The molecule has 0 saturated heterocycles. The third kappa shape index (κ3) is 4.11. The molecule has 0 radical (unpaired) electrons. The predicted octanol–water partition coefficient (Wildman–Crippen LogP) is 1.43. The molecule has 18 heavy (non-hydrogen) atoms. The number of nitrogens with zero attached hydrogens (tertiary/aromatic N) is 1. The molecule has 0 aliphatic carbocycles. The Hall–Kier alpha value is -2.00. The fraction of sp³-hybridized carbons (Fsp3) is 0.250. The van der Waals surface area contributed by atoms with Crippen molar-refractivity contribution >= 4 is 23.6 Å². The largest absolute Gasteiger partial charge is 0.478 e. The van der Waals surface area contributed by atoms with Crippen LogP contribution < -0.4 is 5.32 Å². The van der Waals surface area contributed by atoms with Crippen molar-refractivity contribution in [2.75, 3.05) is 12.3 Å². The van der Waals surface area contributed by atoms with Crippen molar-refractivity contribution in [2.24, 2.45) is 0 Å². The number of hydrogen-bond acceptors (Lipinski definition) is 4. The van der Waals surface area contributed by atoms with Crippen molar-refractivity contribution < 1.29 is 14.7 Å². The third-order valence-corrected chi connectivity index (χ3v) is 3.17. The van der Waals surface area contributed by atoms with Crippen LogP contribution in [0.25, 0.3) is 0 Å². The van der Waals surface area contributed by atoms with Gasteiger partial charge in [-0.2, -0.15) is 5.26 Å². The number of nitrogens with one attached hydrogen (secondary N) is 1. The van der Waals surface area contributed by atoms with Crippen LogP contribution >= 0.6 is 11.8 Å². The van der Waals surface area contributed by atoms with Crippen molar-refractivity contribution in [3.8, 4) is 6.07 Å². The molecule has 0 aliphatic rings. The first-order valence-electron chi connectivity index (χ1n) is 5.15. The topological polar surface area (TPSA) is 90.2 Å². The van der Waals surface area contributed by atoms with Gasteiger partial charge in [0.2, 0.25) is 5.91 Å². The molecule has 1 aromatic rings. The molecule has 2 N–H and O–H groups in total. The van der Waals surface area contributed by atoms with Crippen molar-refractivity contribution in [3.63, 3.8) is 0 Å². The molecule has 5 nitrogen and oxygen atoms in total. The van der Waals surface area contributed by atoms with Gasteiger partial charge in [0.25, 0.3) is 0 Å². The number of aryl methyl sites for hydroxylation is 1. The Bertz CT molecular complexity index is 509. The molecule has 0 atom stereocenters. The maximum atomic E-state index is 11.3. The van der Waals surface area contributed by atoms with E-state index in [1.165, 1.54) is 11.8 Å². The monoisotopic (exact) mass is 264 g/mol. The zero-order valence-electron chi connectivity index (χ0n) is 9.77. The molecular formula is C12H12N2O3S. The lowest BCUT2D eigenvalue weighted by Gasteiger charge is -2.05. The lowest BCUT2D eigenvalue weighted by Crippen LogP contribution is -2.25. The Balaban J connectivity index is 2.64. The van der Waals surface area contributed by atoms with E-state index in [2.05, 4.69) is 5.32 Å². The van der Waals surface area contributed by atoms with E-state index in [0.717, 1.165) is 0 Å². The Labute approximate surface area is 109 Å². The zero-order chi connectivity index (χ0) is 13.5. The maximum absolute atomic E-state index is 11.3. The highest BCUT2D eigenvalue weighted by Gasteiger charge is 2.09. The van der Waals surface area contributed by atoms with Gasteiger partial charge in [-0.25, -0.2) is 4.79 Å². The summed E-state index contributed by atoms with van der Waals surface area (Å²) in [7, 11) is 0. The highest BCUT2D eigenvalue weighted by molar-refractivity contribution is 8.00. The third-order valence-electron chi connectivity index (χ3n) is 2.17. The van der Waals surface area contributed by atoms with E-state index in [1.54, 1.807) is 25.1 Å². The van der Waals surface area contributed by atoms with E-state index in [-0.39, 0.29) is 23.8 Å². The van der Waals surface area contributed by atoms with Gasteiger partial charge >= 0.3 is 5.97 Å². The average Bonchev–Trinajstić information content (AvgIpc) is 2.35. The smallest absolute Gasteiger partial charge is 0.335 e. The minimum atomic E-state index is -0.983. The van der Waals surface area contributed by atoms with E-state index in [4.69, 9.17) is 10.4 Å².